The Morgan fingerprint density at radius 3 is 2.48 bits per heavy atom. The minimum Gasteiger partial charge on any atom is -0.482 e. The van der Waals surface area contributed by atoms with E-state index in [4.69, 9.17) is 44.6 Å². The highest BCUT2D eigenvalue weighted by atomic mass is 35.5. The number of carboxylic acids is 1. The number of hydrogen-bond acceptors (Lipinski definition) is 3. The molecule has 5 nitrogen and oxygen atoms in total. The highest BCUT2D eigenvalue weighted by Gasteiger charge is 2.12. The second-order valence-corrected chi connectivity index (χ2v) is 5.58. The number of carbonyl (C=O) groups is 2. The van der Waals surface area contributed by atoms with Crippen LogP contribution in [0, 0.1) is 5.92 Å². The van der Waals surface area contributed by atoms with Crippen molar-refractivity contribution in [2.24, 2.45) is 5.92 Å². The molecule has 1 atom stereocenters. The van der Waals surface area contributed by atoms with Crippen LogP contribution >= 0.6 is 34.8 Å². The fourth-order valence-electron chi connectivity index (χ4n) is 1.36. The van der Waals surface area contributed by atoms with E-state index in [0.29, 0.717) is 11.4 Å². The van der Waals surface area contributed by atoms with Crippen LogP contribution in [0.2, 0.25) is 15.1 Å². The number of benzene rings is 1. The van der Waals surface area contributed by atoms with E-state index in [1.165, 1.54) is 12.1 Å². The number of halogens is 3. The molecule has 0 fully saturated rings. The number of ether oxygens (including phenoxy) is 1. The molecule has 1 rings (SSSR count). The fourth-order valence-corrected chi connectivity index (χ4v) is 1.95. The summed E-state index contributed by atoms with van der Waals surface area (Å²) in [7, 11) is 0. The molecule has 1 unspecified atom stereocenters. The van der Waals surface area contributed by atoms with E-state index in [0.717, 1.165) is 0 Å². The third kappa shape index (κ3) is 5.99. The molecule has 116 valence electrons. The summed E-state index contributed by atoms with van der Waals surface area (Å²) in [5.41, 5.74) is 0. The van der Waals surface area contributed by atoms with Crippen LogP contribution in [0.3, 0.4) is 0 Å². The van der Waals surface area contributed by atoms with Gasteiger partial charge in [0.25, 0.3) is 5.91 Å². The van der Waals surface area contributed by atoms with Crippen LogP contribution in [-0.4, -0.2) is 30.1 Å². The first-order chi connectivity index (χ1) is 9.81. The van der Waals surface area contributed by atoms with Gasteiger partial charge in [0.1, 0.15) is 5.75 Å². The van der Waals surface area contributed by atoms with Gasteiger partial charge >= 0.3 is 5.97 Å². The Labute approximate surface area is 137 Å². The summed E-state index contributed by atoms with van der Waals surface area (Å²) < 4.78 is 5.24. The lowest BCUT2D eigenvalue weighted by Gasteiger charge is -2.10. The summed E-state index contributed by atoms with van der Waals surface area (Å²) in [6, 6.07) is 2.85. The van der Waals surface area contributed by atoms with E-state index >= 15 is 0 Å². The zero-order chi connectivity index (χ0) is 16.0. The third-order valence-corrected chi connectivity index (χ3v) is 3.67. The van der Waals surface area contributed by atoms with Crippen LogP contribution in [0.25, 0.3) is 0 Å². The Morgan fingerprint density at radius 2 is 1.86 bits per heavy atom. The largest absolute Gasteiger partial charge is 0.482 e. The lowest BCUT2D eigenvalue weighted by atomic mass is 10.1. The Hall–Kier alpha value is -1.17. The Balaban J connectivity index is 2.40. The Morgan fingerprint density at radius 1 is 1.24 bits per heavy atom. The number of nitrogens with one attached hydrogen (secondary N) is 1. The van der Waals surface area contributed by atoms with Crippen LogP contribution in [-0.2, 0) is 9.59 Å². The van der Waals surface area contributed by atoms with Crippen molar-refractivity contribution in [2.45, 2.75) is 13.3 Å². The van der Waals surface area contributed by atoms with Crippen molar-refractivity contribution < 1.29 is 19.4 Å². The second kappa shape index (κ2) is 8.32. The SMILES string of the molecule is CC(CCNC(=O)COc1cc(Cl)c(Cl)cc1Cl)C(=O)O. The lowest BCUT2D eigenvalue weighted by molar-refractivity contribution is -0.141. The monoisotopic (exact) mass is 353 g/mol. The Bertz CT molecular complexity index is 536. The van der Waals surface area contributed by atoms with Gasteiger partial charge in [0.15, 0.2) is 6.61 Å². The van der Waals surface area contributed by atoms with Crippen LogP contribution in [0.4, 0.5) is 0 Å². The maximum absolute atomic E-state index is 11.5. The molecular weight excluding hydrogens is 341 g/mol. The van der Waals surface area contributed by atoms with Crippen molar-refractivity contribution >= 4 is 46.7 Å². The van der Waals surface area contributed by atoms with E-state index in [-0.39, 0.29) is 34.9 Å². The number of carbonyl (C=O) groups excluding carboxylic acids is 1. The smallest absolute Gasteiger partial charge is 0.306 e. The predicted molar refractivity (Wildman–Crippen MR) is 81.4 cm³/mol. The number of carboxylic acid groups (broad SMARTS) is 1. The van der Waals surface area contributed by atoms with Crippen molar-refractivity contribution in [3.05, 3.63) is 27.2 Å². The predicted octanol–water partition coefficient (Wildman–Crippen LogP) is 3.25. The van der Waals surface area contributed by atoms with Gasteiger partial charge in [-0.05, 0) is 12.5 Å². The quantitative estimate of drug-likeness (QED) is 0.737. The molecule has 0 aliphatic carbocycles. The molecule has 0 heterocycles. The molecule has 0 saturated heterocycles. The summed E-state index contributed by atoms with van der Waals surface area (Å²) in [6.07, 6.45) is 0.342. The zero-order valence-electron chi connectivity index (χ0n) is 11.2. The van der Waals surface area contributed by atoms with E-state index < -0.39 is 11.9 Å². The first-order valence-electron chi connectivity index (χ1n) is 6.08. The minimum atomic E-state index is -0.900. The van der Waals surface area contributed by atoms with Gasteiger partial charge in [0.2, 0.25) is 0 Å². The molecule has 0 aliphatic rings. The van der Waals surface area contributed by atoms with Gasteiger partial charge in [0.05, 0.1) is 21.0 Å². The molecule has 0 saturated carbocycles. The van der Waals surface area contributed by atoms with Crippen LogP contribution in [0.1, 0.15) is 13.3 Å². The average molecular weight is 355 g/mol. The second-order valence-electron chi connectivity index (χ2n) is 4.36. The lowest BCUT2D eigenvalue weighted by Crippen LogP contribution is -2.31. The first-order valence-corrected chi connectivity index (χ1v) is 7.21. The van der Waals surface area contributed by atoms with Crippen molar-refractivity contribution in [3.8, 4) is 5.75 Å². The number of amides is 1. The summed E-state index contributed by atoms with van der Waals surface area (Å²) in [6.45, 7) is 1.57. The minimum absolute atomic E-state index is 0.247. The maximum Gasteiger partial charge on any atom is 0.306 e. The van der Waals surface area contributed by atoms with Gasteiger partial charge in [-0.3, -0.25) is 9.59 Å². The molecule has 1 aromatic rings. The molecule has 2 N–H and O–H groups in total. The molecule has 0 bridgehead atoms. The molecule has 21 heavy (non-hydrogen) atoms. The highest BCUT2D eigenvalue weighted by Crippen LogP contribution is 2.33. The van der Waals surface area contributed by atoms with Crippen LogP contribution in [0.5, 0.6) is 5.75 Å². The number of hydrogen-bond donors (Lipinski definition) is 2. The van der Waals surface area contributed by atoms with Crippen molar-refractivity contribution in [3.63, 3.8) is 0 Å². The Kier molecular flexibility index (Phi) is 7.08. The van der Waals surface area contributed by atoms with Crippen molar-refractivity contribution in [1.82, 2.24) is 5.32 Å². The van der Waals surface area contributed by atoms with E-state index in [9.17, 15) is 9.59 Å². The van der Waals surface area contributed by atoms with Gasteiger partial charge in [-0.2, -0.15) is 0 Å². The number of aliphatic carboxylic acids is 1. The normalized spacial score (nSPS) is 11.8. The third-order valence-electron chi connectivity index (χ3n) is 2.65. The van der Waals surface area contributed by atoms with Crippen molar-refractivity contribution in [2.75, 3.05) is 13.2 Å². The molecule has 0 spiro atoms. The molecule has 1 aromatic carbocycles. The molecule has 1 amide bonds. The summed E-state index contributed by atoms with van der Waals surface area (Å²) in [5.74, 6) is -1.55. The zero-order valence-corrected chi connectivity index (χ0v) is 13.4. The molecular formula is C13H14Cl3NO4. The molecule has 0 aromatic heterocycles. The summed E-state index contributed by atoms with van der Waals surface area (Å²) in [5, 5.41) is 12.1. The van der Waals surface area contributed by atoms with Gasteiger partial charge in [-0.1, -0.05) is 41.7 Å². The maximum atomic E-state index is 11.5. The van der Waals surface area contributed by atoms with Crippen LogP contribution < -0.4 is 10.1 Å². The first kappa shape index (κ1) is 17.9. The van der Waals surface area contributed by atoms with Gasteiger partial charge in [-0.15, -0.1) is 0 Å². The van der Waals surface area contributed by atoms with E-state index in [1.54, 1.807) is 6.92 Å². The van der Waals surface area contributed by atoms with Gasteiger partial charge in [0, 0.05) is 12.6 Å². The average Bonchev–Trinajstić information content (AvgIpc) is 2.41. The standard InChI is InChI=1S/C13H14Cl3NO4/c1-7(13(19)20)2-3-17-12(18)6-21-11-5-9(15)8(14)4-10(11)16/h4-5,7H,2-3,6H2,1H3,(H,17,18)(H,19,20). The van der Waals surface area contributed by atoms with Gasteiger partial charge in [-0.25, -0.2) is 0 Å². The van der Waals surface area contributed by atoms with E-state index in [1.807, 2.05) is 0 Å². The summed E-state index contributed by atoms with van der Waals surface area (Å²) in [4.78, 5) is 22.2. The molecule has 0 radical (unpaired) electrons. The highest BCUT2D eigenvalue weighted by molar-refractivity contribution is 6.43. The molecule has 8 heteroatoms. The fraction of sp³-hybridized carbons (Fsp3) is 0.385. The van der Waals surface area contributed by atoms with E-state index in [2.05, 4.69) is 5.32 Å². The molecule has 0 aliphatic heterocycles. The van der Waals surface area contributed by atoms with Crippen LogP contribution in [0.15, 0.2) is 12.1 Å². The van der Waals surface area contributed by atoms with Gasteiger partial charge < -0.3 is 15.2 Å². The number of rotatable bonds is 7. The summed E-state index contributed by atoms with van der Waals surface area (Å²) >= 11 is 17.5. The van der Waals surface area contributed by atoms with Crippen molar-refractivity contribution in [1.29, 1.82) is 0 Å². The topological polar surface area (TPSA) is 75.6 Å².